The van der Waals surface area contributed by atoms with Crippen LogP contribution in [0.15, 0.2) is 36.5 Å². The molecule has 1 aliphatic rings. The van der Waals surface area contributed by atoms with E-state index in [1.807, 2.05) is 0 Å². The monoisotopic (exact) mass is 382 g/mol. The van der Waals surface area contributed by atoms with Crippen LogP contribution in [-0.2, 0) is 6.54 Å². The Morgan fingerprint density at radius 3 is 2.04 bits per heavy atom. The fourth-order valence-corrected chi connectivity index (χ4v) is 2.97. The number of aromatic nitrogens is 1. The highest BCUT2D eigenvalue weighted by Crippen LogP contribution is 2.29. The SMILES string of the molecule is CCCCOc1cnc(CN2C(=O)c3ccccc3C2=O)cc1OCCCC. The molecule has 1 aliphatic heterocycles. The zero-order valence-corrected chi connectivity index (χ0v) is 16.4. The molecular formula is C22H26N2O4. The zero-order chi connectivity index (χ0) is 19.9. The molecule has 3 rings (SSSR count). The Morgan fingerprint density at radius 2 is 1.46 bits per heavy atom. The molecule has 6 heteroatoms. The Labute approximate surface area is 165 Å². The maximum absolute atomic E-state index is 12.6. The van der Waals surface area contributed by atoms with Gasteiger partial charge < -0.3 is 9.47 Å². The number of rotatable bonds is 10. The van der Waals surface area contributed by atoms with Crippen LogP contribution in [0.25, 0.3) is 0 Å². The van der Waals surface area contributed by atoms with E-state index in [1.165, 1.54) is 4.90 Å². The number of imide groups is 1. The molecule has 0 radical (unpaired) electrons. The Balaban J connectivity index is 1.77. The molecule has 0 aliphatic carbocycles. The number of fused-ring (bicyclic) bond motifs is 1. The van der Waals surface area contributed by atoms with Crippen molar-refractivity contribution in [1.82, 2.24) is 9.88 Å². The first-order valence-electron chi connectivity index (χ1n) is 9.85. The lowest BCUT2D eigenvalue weighted by atomic mass is 10.1. The number of amides is 2. The van der Waals surface area contributed by atoms with Crippen molar-refractivity contribution in [2.75, 3.05) is 13.2 Å². The predicted molar refractivity (Wildman–Crippen MR) is 106 cm³/mol. The average Bonchev–Trinajstić information content (AvgIpc) is 2.95. The van der Waals surface area contributed by atoms with E-state index >= 15 is 0 Å². The van der Waals surface area contributed by atoms with E-state index in [4.69, 9.17) is 9.47 Å². The Hall–Kier alpha value is -2.89. The molecule has 28 heavy (non-hydrogen) atoms. The van der Waals surface area contributed by atoms with Gasteiger partial charge >= 0.3 is 0 Å². The summed E-state index contributed by atoms with van der Waals surface area (Å²) in [5, 5.41) is 0. The minimum Gasteiger partial charge on any atom is -0.490 e. The molecule has 148 valence electrons. The van der Waals surface area contributed by atoms with Gasteiger partial charge in [-0.05, 0) is 25.0 Å². The van der Waals surface area contributed by atoms with E-state index in [2.05, 4.69) is 18.8 Å². The minimum absolute atomic E-state index is 0.103. The number of carbonyl (C=O) groups is 2. The number of carbonyl (C=O) groups excluding carboxylic acids is 2. The standard InChI is InChI=1S/C22H26N2O4/c1-3-5-11-27-19-13-16(23-14-20(19)28-12-6-4-2)15-24-21(25)17-9-7-8-10-18(17)22(24)26/h7-10,13-14H,3-6,11-12,15H2,1-2H3. The van der Waals surface area contributed by atoms with E-state index in [9.17, 15) is 9.59 Å². The first kappa shape index (κ1) is 19.9. The molecule has 2 aromatic rings. The Morgan fingerprint density at radius 1 is 0.893 bits per heavy atom. The van der Waals surface area contributed by atoms with Gasteiger partial charge in [-0.3, -0.25) is 19.5 Å². The van der Waals surface area contributed by atoms with Crippen LogP contribution < -0.4 is 9.47 Å². The first-order chi connectivity index (χ1) is 13.7. The van der Waals surface area contributed by atoms with Crippen LogP contribution in [0.2, 0.25) is 0 Å². The molecule has 0 saturated carbocycles. The minimum atomic E-state index is -0.292. The van der Waals surface area contributed by atoms with E-state index in [0.717, 1.165) is 25.7 Å². The summed E-state index contributed by atoms with van der Waals surface area (Å²) in [6.07, 6.45) is 5.57. The number of pyridine rings is 1. The van der Waals surface area contributed by atoms with Crippen LogP contribution in [0, 0.1) is 0 Å². The van der Waals surface area contributed by atoms with Gasteiger partial charge in [-0.25, -0.2) is 0 Å². The number of hydrogen-bond donors (Lipinski definition) is 0. The second-order valence-corrected chi connectivity index (χ2v) is 6.77. The fraction of sp³-hybridized carbons (Fsp3) is 0.409. The highest BCUT2D eigenvalue weighted by atomic mass is 16.5. The molecule has 6 nitrogen and oxygen atoms in total. The van der Waals surface area contributed by atoms with Crippen LogP contribution in [-0.4, -0.2) is 34.9 Å². The molecule has 0 N–H and O–H groups in total. The average molecular weight is 382 g/mol. The second-order valence-electron chi connectivity index (χ2n) is 6.77. The van der Waals surface area contributed by atoms with Crippen molar-refractivity contribution in [3.63, 3.8) is 0 Å². The quantitative estimate of drug-likeness (QED) is 0.454. The molecule has 2 heterocycles. The lowest BCUT2D eigenvalue weighted by molar-refractivity contribution is 0.0640. The van der Waals surface area contributed by atoms with E-state index in [0.29, 0.717) is 41.5 Å². The van der Waals surface area contributed by atoms with Crippen molar-refractivity contribution < 1.29 is 19.1 Å². The summed E-state index contributed by atoms with van der Waals surface area (Å²) >= 11 is 0. The van der Waals surface area contributed by atoms with Gasteiger partial charge in [-0.1, -0.05) is 38.8 Å². The summed E-state index contributed by atoms with van der Waals surface area (Å²) in [5.41, 5.74) is 1.46. The smallest absolute Gasteiger partial charge is 0.261 e. The van der Waals surface area contributed by atoms with Crippen LogP contribution in [0.3, 0.4) is 0 Å². The van der Waals surface area contributed by atoms with Gasteiger partial charge in [0.25, 0.3) is 11.8 Å². The predicted octanol–water partition coefficient (Wildman–Crippen LogP) is 4.24. The first-order valence-corrected chi connectivity index (χ1v) is 9.85. The molecule has 0 atom stereocenters. The van der Waals surface area contributed by atoms with Crippen molar-refractivity contribution in [3.8, 4) is 11.5 Å². The molecule has 1 aromatic heterocycles. The molecule has 0 spiro atoms. The Kier molecular flexibility index (Phi) is 6.63. The van der Waals surface area contributed by atoms with Gasteiger partial charge in [0.05, 0.1) is 42.8 Å². The second kappa shape index (κ2) is 9.35. The van der Waals surface area contributed by atoms with E-state index in [1.54, 1.807) is 36.5 Å². The third kappa shape index (κ3) is 4.32. The van der Waals surface area contributed by atoms with E-state index < -0.39 is 0 Å². The number of hydrogen-bond acceptors (Lipinski definition) is 5. The van der Waals surface area contributed by atoms with Gasteiger partial charge in [0, 0.05) is 6.07 Å². The van der Waals surface area contributed by atoms with Crippen LogP contribution in [0.1, 0.15) is 65.9 Å². The van der Waals surface area contributed by atoms with Crippen LogP contribution in [0.4, 0.5) is 0 Å². The molecule has 0 fully saturated rings. The fourth-order valence-electron chi connectivity index (χ4n) is 2.97. The number of unbranched alkanes of at least 4 members (excludes halogenated alkanes) is 2. The maximum atomic E-state index is 12.6. The molecule has 0 saturated heterocycles. The summed E-state index contributed by atoms with van der Waals surface area (Å²) in [4.78, 5) is 30.8. The Bertz CT molecular complexity index is 815. The zero-order valence-electron chi connectivity index (χ0n) is 16.4. The third-order valence-electron chi connectivity index (χ3n) is 4.60. The lowest BCUT2D eigenvalue weighted by Crippen LogP contribution is -2.29. The highest BCUT2D eigenvalue weighted by molar-refractivity contribution is 6.21. The van der Waals surface area contributed by atoms with Crippen molar-refractivity contribution in [2.24, 2.45) is 0 Å². The van der Waals surface area contributed by atoms with Gasteiger partial charge in [-0.15, -0.1) is 0 Å². The van der Waals surface area contributed by atoms with Gasteiger partial charge in [-0.2, -0.15) is 0 Å². The summed E-state index contributed by atoms with van der Waals surface area (Å²) in [6, 6.07) is 8.63. The highest BCUT2D eigenvalue weighted by Gasteiger charge is 2.35. The van der Waals surface area contributed by atoms with Crippen molar-refractivity contribution >= 4 is 11.8 Å². The molecule has 2 amide bonds. The number of nitrogens with zero attached hydrogens (tertiary/aromatic N) is 2. The lowest BCUT2D eigenvalue weighted by Gasteiger charge is -2.16. The number of ether oxygens (including phenoxy) is 2. The van der Waals surface area contributed by atoms with Gasteiger partial charge in [0.2, 0.25) is 0 Å². The molecule has 0 bridgehead atoms. The third-order valence-corrected chi connectivity index (χ3v) is 4.60. The molecular weight excluding hydrogens is 356 g/mol. The van der Waals surface area contributed by atoms with Gasteiger partial charge in [0.1, 0.15) is 0 Å². The summed E-state index contributed by atoms with van der Waals surface area (Å²) < 4.78 is 11.7. The molecule has 0 unspecified atom stereocenters. The topological polar surface area (TPSA) is 68.7 Å². The summed E-state index contributed by atoms with van der Waals surface area (Å²) in [6.45, 7) is 5.48. The van der Waals surface area contributed by atoms with Crippen LogP contribution in [0.5, 0.6) is 11.5 Å². The van der Waals surface area contributed by atoms with Crippen molar-refractivity contribution in [3.05, 3.63) is 53.3 Å². The largest absolute Gasteiger partial charge is 0.490 e. The van der Waals surface area contributed by atoms with E-state index in [-0.39, 0.29) is 18.4 Å². The number of benzene rings is 1. The maximum Gasteiger partial charge on any atom is 0.261 e. The van der Waals surface area contributed by atoms with Gasteiger partial charge in [0.15, 0.2) is 11.5 Å². The summed E-state index contributed by atoms with van der Waals surface area (Å²) in [5.74, 6) is 0.611. The summed E-state index contributed by atoms with van der Waals surface area (Å²) in [7, 11) is 0. The van der Waals surface area contributed by atoms with Crippen molar-refractivity contribution in [1.29, 1.82) is 0 Å². The van der Waals surface area contributed by atoms with Crippen LogP contribution >= 0.6 is 0 Å². The molecule has 1 aromatic carbocycles. The normalized spacial score (nSPS) is 13.0. The van der Waals surface area contributed by atoms with Crippen molar-refractivity contribution in [2.45, 2.75) is 46.1 Å².